The first kappa shape index (κ1) is 21.8. The topological polar surface area (TPSA) is 113 Å². The highest BCUT2D eigenvalue weighted by atomic mass is 35.5. The van der Waals surface area contributed by atoms with Gasteiger partial charge < -0.3 is 14.7 Å². The lowest BCUT2D eigenvalue weighted by Gasteiger charge is -2.35. The molecule has 10 nitrogen and oxygen atoms in total. The van der Waals surface area contributed by atoms with Gasteiger partial charge in [-0.05, 0) is 37.1 Å². The van der Waals surface area contributed by atoms with Crippen molar-refractivity contribution in [3.8, 4) is 0 Å². The molecule has 4 rings (SSSR count). The molecule has 2 saturated heterocycles. The van der Waals surface area contributed by atoms with E-state index >= 15 is 0 Å². The Morgan fingerprint density at radius 1 is 0.781 bits per heavy atom. The zero-order valence-corrected chi connectivity index (χ0v) is 18.0. The van der Waals surface area contributed by atoms with Crippen molar-refractivity contribution in [2.45, 2.75) is 12.8 Å². The second kappa shape index (κ2) is 8.99. The number of benzene rings is 2. The average molecular weight is 460 g/mol. The zero-order valence-electron chi connectivity index (χ0n) is 17.3. The fraction of sp³-hybridized carbons (Fsp3) is 0.381. The van der Waals surface area contributed by atoms with Gasteiger partial charge in [0.05, 0.1) is 9.85 Å². The van der Waals surface area contributed by atoms with Crippen molar-refractivity contribution in [3.63, 3.8) is 0 Å². The van der Waals surface area contributed by atoms with Crippen molar-refractivity contribution >= 4 is 40.3 Å². The highest BCUT2D eigenvalue weighted by Crippen LogP contribution is 2.33. The van der Waals surface area contributed by atoms with E-state index in [9.17, 15) is 25.0 Å². The molecule has 0 aliphatic carbocycles. The van der Waals surface area contributed by atoms with Crippen LogP contribution in [0.3, 0.4) is 0 Å². The summed E-state index contributed by atoms with van der Waals surface area (Å²) in [5.41, 5.74) is 1.13. The van der Waals surface area contributed by atoms with Crippen molar-refractivity contribution in [1.82, 2.24) is 4.90 Å². The lowest BCUT2D eigenvalue weighted by Crippen LogP contribution is -2.49. The number of carbonyl (C=O) groups excluding carboxylic acids is 1. The Hall–Kier alpha value is -3.40. The summed E-state index contributed by atoms with van der Waals surface area (Å²) >= 11 is 5.89. The van der Waals surface area contributed by atoms with Gasteiger partial charge in [-0.1, -0.05) is 11.6 Å². The maximum absolute atomic E-state index is 13.0. The number of piperazine rings is 1. The van der Waals surface area contributed by atoms with Gasteiger partial charge >= 0.3 is 0 Å². The predicted molar refractivity (Wildman–Crippen MR) is 121 cm³/mol. The van der Waals surface area contributed by atoms with E-state index < -0.39 is 9.85 Å². The van der Waals surface area contributed by atoms with E-state index in [-0.39, 0.29) is 27.9 Å². The Kier molecular flexibility index (Phi) is 6.13. The third kappa shape index (κ3) is 4.31. The number of nitro benzene ring substituents is 2. The normalized spacial score (nSPS) is 16.3. The van der Waals surface area contributed by atoms with Gasteiger partial charge in [0.2, 0.25) is 0 Å². The number of carbonyl (C=O) groups is 1. The SMILES string of the molecule is O=C(c1ccc(N2CCCC2)c([N+](=O)[O-])c1)N1CCN(c2ccc(Cl)cc2[N+](=O)[O-])CC1. The van der Waals surface area contributed by atoms with Crippen LogP contribution in [0.15, 0.2) is 36.4 Å². The van der Waals surface area contributed by atoms with Crippen molar-refractivity contribution in [1.29, 1.82) is 0 Å². The fourth-order valence-electron chi connectivity index (χ4n) is 4.27. The number of nitro groups is 2. The number of anilines is 2. The molecule has 0 bridgehead atoms. The highest BCUT2D eigenvalue weighted by Gasteiger charge is 2.29. The van der Waals surface area contributed by atoms with Crippen LogP contribution in [0.25, 0.3) is 0 Å². The largest absolute Gasteiger partial charge is 0.366 e. The zero-order chi connectivity index (χ0) is 22.8. The van der Waals surface area contributed by atoms with E-state index in [0.717, 1.165) is 25.9 Å². The Balaban J connectivity index is 1.49. The van der Waals surface area contributed by atoms with Gasteiger partial charge in [0.1, 0.15) is 11.4 Å². The van der Waals surface area contributed by atoms with Crippen LogP contribution in [0, 0.1) is 20.2 Å². The monoisotopic (exact) mass is 459 g/mol. The Morgan fingerprint density at radius 2 is 1.31 bits per heavy atom. The third-order valence-electron chi connectivity index (χ3n) is 5.91. The minimum Gasteiger partial charge on any atom is -0.366 e. The van der Waals surface area contributed by atoms with Gasteiger partial charge in [0.25, 0.3) is 17.3 Å². The van der Waals surface area contributed by atoms with Crippen molar-refractivity contribution in [3.05, 3.63) is 67.2 Å². The summed E-state index contributed by atoms with van der Waals surface area (Å²) in [4.78, 5) is 40.5. The number of hydrogen-bond acceptors (Lipinski definition) is 7. The summed E-state index contributed by atoms with van der Waals surface area (Å²) in [5, 5.41) is 23.3. The molecule has 0 aromatic heterocycles. The smallest absolute Gasteiger partial charge is 0.294 e. The van der Waals surface area contributed by atoms with E-state index in [1.807, 2.05) is 9.80 Å². The summed E-state index contributed by atoms with van der Waals surface area (Å²) in [5.74, 6) is -0.286. The maximum atomic E-state index is 13.0. The molecular weight excluding hydrogens is 438 g/mol. The number of nitrogens with zero attached hydrogens (tertiary/aromatic N) is 5. The predicted octanol–water partition coefficient (Wildman–Crippen LogP) is 3.72. The molecule has 0 atom stereocenters. The molecule has 168 valence electrons. The molecule has 32 heavy (non-hydrogen) atoms. The molecule has 2 aliphatic heterocycles. The molecule has 2 heterocycles. The summed E-state index contributed by atoms with van der Waals surface area (Å²) in [6, 6.07) is 9.17. The molecule has 2 aromatic carbocycles. The summed E-state index contributed by atoms with van der Waals surface area (Å²) in [6.07, 6.45) is 1.99. The van der Waals surface area contributed by atoms with Crippen LogP contribution in [0.2, 0.25) is 5.02 Å². The van der Waals surface area contributed by atoms with Crippen LogP contribution in [-0.2, 0) is 0 Å². The summed E-state index contributed by atoms with van der Waals surface area (Å²) in [6.45, 7) is 3.05. The highest BCUT2D eigenvalue weighted by molar-refractivity contribution is 6.30. The molecule has 0 saturated carbocycles. The molecule has 0 unspecified atom stereocenters. The minimum absolute atomic E-state index is 0.0619. The minimum atomic E-state index is -0.472. The number of halogens is 1. The number of rotatable bonds is 5. The lowest BCUT2D eigenvalue weighted by molar-refractivity contribution is -0.384. The second-order valence-electron chi connectivity index (χ2n) is 7.82. The van der Waals surface area contributed by atoms with Gasteiger partial charge in [-0.25, -0.2) is 0 Å². The van der Waals surface area contributed by atoms with E-state index in [0.29, 0.717) is 37.6 Å². The van der Waals surface area contributed by atoms with Crippen LogP contribution in [0.4, 0.5) is 22.7 Å². The van der Waals surface area contributed by atoms with Gasteiger partial charge in [0.15, 0.2) is 0 Å². The molecule has 2 aliphatic rings. The summed E-state index contributed by atoms with van der Waals surface area (Å²) < 4.78 is 0. The first-order chi connectivity index (χ1) is 15.3. The molecule has 2 fully saturated rings. The fourth-order valence-corrected chi connectivity index (χ4v) is 4.44. The number of amides is 1. The van der Waals surface area contributed by atoms with E-state index in [4.69, 9.17) is 11.6 Å². The van der Waals surface area contributed by atoms with Crippen LogP contribution in [-0.4, -0.2) is 59.9 Å². The van der Waals surface area contributed by atoms with Crippen LogP contribution >= 0.6 is 11.6 Å². The van der Waals surface area contributed by atoms with Gasteiger partial charge in [0, 0.05) is 62.0 Å². The van der Waals surface area contributed by atoms with Crippen molar-refractivity contribution < 1.29 is 14.6 Å². The first-order valence-corrected chi connectivity index (χ1v) is 10.7. The quantitative estimate of drug-likeness (QED) is 0.494. The Bertz CT molecular complexity index is 1060. The third-order valence-corrected chi connectivity index (χ3v) is 6.14. The molecule has 0 N–H and O–H groups in total. The molecule has 2 aromatic rings. The van der Waals surface area contributed by atoms with E-state index in [1.165, 1.54) is 12.1 Å². The van der Waals surface area contributed by atoms with Crippen LogP contribution in [0.5, 0.6) is 0 Å². The number of hydrogen-bond donors (Lipinski definition) is 0. The first-order valence-electron chi connectivity index (χ1n) is 10.4. The van der Waals surface area contributed by atoms with Crippen LogP contribution < -0.4 is 9.80 Å². The van der Waals surface area contributed by atoms with Crippen molar-refractivity contribution in [2.75, 3.05) is 49.1 Å². The standard InChI is InChI=1S/C21H22ClN5O5/c22-16-4-6-18(20(14-16)27(31)32)24-9-11-25(12-10-24)21(28)15-3-5-17(19(13-15)26(29)30)23-7-1-2-8-23/h3-6,13-14H,1-2,7-12H2. The molecule has 0 spiro atoms. The Labute approximate surface area is 189 Å². The molecular formula is C21H22ClN5O5. The van der Waals surface area contributed by atoms with E-state index in [1.54, 1.807) is 29.2 Å². The van der Waals surface area contributed by atoms with Crippen molar-refractivity contribution in [2.24, 2.45) is 0 Å². The maximum Gasteiger partial charge on any atom is 0.294 e. The van der Waals surface area contributed by atoms with Gasteiger partial charge in [-0.3, -0.25) is 25.0 Å². The molecule has 0 radical (unpaired) electrons. The second-order valence-corrected chi connectivity index (χ2v) is 8.26. The lowest BCUT2D eigenvalue weighted by atomic mass is 10.1. The average Bonchev–Trinajstić information content (AvgIpc) is 3.33. The Morgan fingerprint density at radius 3 is 1.91 bits per heavy atom. The van der Waals surface area contributed by atoms with Gasteiger partial charge in [-0.15, -0.1) is 0 Å². The molecule has 1 amide bonds. The summed E-state index contributed by atoms with van der Waals surface area (Å²) in [7, 11) is 0. The molecule has 11 heteroatoms. The van der Waals surface area contributed by atoms with Crippen LogP contribution in [0.1, 0.15) is 23.2 Å². The van der Waals surface area contributed by atoms with E-state index in [2.05, 4.69) is 0 Å². The van der Waals surface area contributed by atoms with Gasteiger partial charge in [-0.2, -0.15) is 0 Å².